The maximum atomic E-state index is 6.17. The SMILES string of the molecule is CC(N)Cc1cn(Cc2sccc2Br)c2cc(Cl)ccc12. The molecule has 2 heterocycles. The predicted octanol–water partition coefficient (Wildman–Crippen LogP) is 5.06. The summed E-state index contributed by atoms with van der Waals surface area (Å²) >= 11 is 11.5. The largest absolute Gasteiger partial charge is 0.342 e. The fraction of sp³-hybridized carbons (Fsp3) is 0.250. The molecular formula is C16H16BrClN2S. The number of hydrogen-bond acceptors (Lipinski definition) is 2. The average Bonchev–Trinajstić information content (AvgIpc) is 2.95. The summed E-state index contributed by atoms with van der Waals surface area (Å²) in [6.07, 6.45) is 3.08. The Morgan fingerprint density at radius 1 is 1.38 bits per heavy atom. The highest BCUT2D eigenvalue weighted by molar-refractivity contribution is 9.10. The molecule has 1 unspecified atom stereocenters. The van der Waals surface area contributed by atoms with Gasteiger partial charge in [0, 0.05) is 32.0 Å². The zero-order valence-electron chi connectivity index (χ0n) is 11.6. The van der Waals surface area contributed by atoms with Gasteiger partial charge in [-0.25, -0.2) is 0 Å². The molecule has 0 saturated heterocycles. The van der Waals surface area contributed by atoms with E-state index in [-0.39, 0.29) is 6.04 Å². The molecule has 110 valence electrons. The van der Waals surface area contributed by atoms with E-state index in [1.165, 1.54) is 21.3 Å². The molecule has 0 aliphatic rings. The number of halogens is 2. The minimum atomic E-state index is 0.146. The van der Waals surface area contributed by atoms with E-state index in [0.29, 0.717) is 0 Å². The molecule has 0 spiro atoms. The maximum absolute atomic E-state index is 6.17. The van der Waals surface area contributed by atoms with Crippen LogP contribution in [0.2, 0.25) is 5.02 Å². The predicted molar refractivity (Wildman–Crippen MR) is 95.4 cm³/mol. The molecule has 3 aromatic rings. The van der Waals surface area contributed by atoms with Gasteiger partial charge in [0.05, 0.1) is 12.1 Å². The van der Waals surface area contributed by atoms with Crippen LogP contribution in [-0.4, -0.2) is 10.6 Å². The van der Waals surface area contributed by atoms with E-state index in [4.69, 9.17) is 17.3 Å². The van der Waals surface area contributed by atoms with Crippen LogP contribution in [0.1, 0.15) is 17.4 Å². The van der Waals surface area contributed by atoms with Gasteiger partial charge < -0.3 is 10.3 Å². The lowest BCUT2D eigenvalue weighted by Gasteiger charge is -2.04. The Labute approximate surface area is 141 Å². The van der Waals surface area contributed by atoms with Crippen molar-refractivity contribution in [3.63, 3.8) is 0 Å². The molecule has 2 aromatic heterocycles. The first kappa shape index (κ1) is 15.1. The van der Waals surface area contributed by atoms with E-state index in [0.717, 1.165) is 22.5 Å². The van der Waals surface area contributed by atoms with Gasteiger partial charge in [-0.3, -0.25) is 0 Å². The van der Waals surface area contributed by atoms with E-state index in [1.54, 1.807) is 11.3 Å². The third-order valence-corrected chi connectivity index (χ3v) is 5.62. The molecule has 2 N–H and O–H groups in total. The van der Waals surface area contributed by atoms with E-state index >= 15 is 0 Å². The van der Waals surface area contributed by atoms with Crippen LogP contribution in [0.4, 0.5) is 0 Å². The first-order valence-corrected chi connectivity index (χ1v) is 8.84. The molecule has 2 nitrogen and oxygen atoms in total. The van der Waals surface area contributed by atoms with Gasteiger partial charge in [0.2, 0.25) is 0 Å². The fourth-order valence-electron chi connectivity index (χ4n) is 2.57. The van der Waals surface area contributed by atoms with Crippen molar-refractivity contribution in [2.45, 2.75) is 25.9 Å². The van der Waals surface area contributed by atoms with Crippen LogP contribution in [0.25, 0.3) is 10.9 Å². The molecule has 21 heavy (non-hydrogen) atoms. The molecule has 5 heteroatoms. The summed E-state index contributed by atoms with van der Waals surface area (Å²) in [4.78, 5) is 1.30. The molecule has 0 aliphatic carbocycles. The van der Waals surface area contributed by atoms with Gasteiger partial charge in [-0.05, 0) is 58.4 Å². The highest BCUT2D eigenvalue weighted by Gasteiger charge is 2.12. The van der Waals surface area contributed by atoms with Crippen molar-refractivity contribution in [2.24, 2.45) is 5.73 Å². The van der Waals surface area contributed by atoms with E-state index in [2.05, 4.69) is 44.2 Å². The van der Waals surface area contributed by atoms with E-state index < -0.39 is 0 Å². The van der Waals surface area contributed by atoms with Crippen molar-refractivity contribution in [3.05, 3.63) is 55.8 Å². The molecule has 0 radical (unpaired) electrons. The van der Waals surface area contributed by atoms with Crippen LogP contribution >= 0.6 is 38.9 Å². The number of aromatic nitrogens is 1. The van der Waals surface area contributed by atoms with Crippen LogP contribution in [-0.2, 0) is 13.0 Å². The number of hydrogen-bond donors (Lipinski definition) is 1. The average molecular weight is 384 g/mol. The summed E-state index contributed by atoms with van der Waals surface area (Å²) in [6.45, 7) is 2.88. The van der Waals surface area contributed by atoms with Crippen molar-refractivity contribution in [1.82, 2.24) is 4.57 Å². The Hall–Kier alpha value is -0.810. The van der Waals surface area contributed by atoms with Crippen molar-refractivity contribution in [2.75, 3.05) is 0 Å². The lowest BCUT2D eigenvalue weighted by atomic mass is 10.1. The molecule has 0 aliphatic heterocycles. The second kappa shape index (κ2) is 6.13. The Bertz CT molecular complexity index is 776. The van der Waals surface area contributed by atoms with Gasteiger partial charge in [0.15, 0.2) is 0 Å². The van der Waals surface area contributed by atoms with Crippen LogP contribution in [0.15, 0.2) is 40.3 Å². The van der Waals surface area contributed by atoms with E-state index in [1.807, 2.05) is 19.1 Å². The van der Waals surface area contributed by atoms with Gasteiger partial charge in [-0.15, -0.1) is 11.3 Å². The Morgan fingerprint density at radius 2 is 2.19 bits per heavy atom. The third kappa shape index (κ3) is 3.19. The molecular weight excluding hydrogens is 368 g/mol. The standard InChI is InChI=1S/C16H16BrClN2S/c1-10(19)6-11-8-20(9-16-14(17)4-5-21-16)15-7-12(18)2-3-13(11)15/h2-5,7-8,10H,6,9,19H2,1H3. The number of nitrogens with zero attached hydrogens (tertiary/aromatic N) is 1. The van der Waals surface area contributed by atoms with Gasteiger partial charge in [0.25, 0.3) is 0 Å². The number of fused-ring (bicyclic) bond motifs is 1. The summed E-state index contributed by atoms with van der Waals surface area (Å²) in [7, 11) is 0. The number of thiophene rings is 1. The molecule has 3 rings (SSSR count). The maximum Gasteiger partial charge on any atom is 0.0580 e. The van der Waals surface area contributed by atoms with Crippen LogP contribution < -0.4 is 5.73 Å². The fourth-order valence-corrected chi connectivity index (χ4v) is 4.22. The van der Waals surface area contributed by atoms with Crippen molar-refractivity contribution in [3.8, 4) is 0 Å². The highest BCUT2D eigenvalue weighted by atomic mass is 79.9. The third-order valence-electron chi connectivity index (χ3n) is 3.47. The first-order valence-electron chi connectivity index (χ1n) is 6.79. The highest BCUT2D eigenvalue weighted by Crippen LogP contribution is 2.29. The molecule has 0 bridgehead atoms. The number of rotatable bonds is 4. The summed E-state index contributed by atoms with van der Waals surface area (Å²) in [5, 5.41) is 4.10. The molecule has 0 fully saturated rings. The zero-order valence-corrected chi connectivity index (χ0v) is 14.8. The van der Waals surface area contributed by atoms with Crippen molar-refractivity contribution < 1.29 is 0 Å². The minimum Gasteiger partial charge on any atom is -0.342 e. The molecule has 0 amide bonds. The Kier molecular flexibility index (Phi) is 4.41. The quantitative estimate of drug-likeness (QED) is 0.671. The monoisotopic (exact) mass is 382 g/mol. The van der Waals surface area contributed by atoms with Gasteiger partial charge in [0.1, 0.15) is 0 Å². The van der Waals surface area contributed by atoms with Gasteiger partial charge in [-0.1, -0.05) is 17.7 Å². The minimum absolute atomic E-state index is 0.146. The second-order valence-electron chi connectivity index (χ2n) is 5.32. The molecule has 0 saturated carbocycles. The van der Waals surface area contributed by atoms with Gasteiger partial charge in [-0.2, -0.15) is 0 Å². The van der Waals surface area contributed by atoms with Crippen molar-refractivity contribution >= 4 is 49.8 Å². The lowest BCUT2D eigenvalue weighted by Crippen LogP contribution is -2.17. The molecule has 1 aromatic carbocycles. The summed E-state index contributed by atoms with van der Waals surface area (Å²) < 4.78 is 3.42. The second-order valence-corrected chi connectivity index (χ2v) is 7.61. The first-order chi connectivity index (χ1) is 10.0. The Morgan fingerprint density at radius 3 is 2.86 bits per heavy atom. The normalized spacial score (nSPS) is 13.0. The topological polar surface area (TPSA) is 30.9 Å². The van der Waals surface area contributed by atoms with Crippen LogP contribution in [0.5, 0.6) is 0 Å². The van der Waals surface area contributed by atoms with Crippen LogP contribution in [0, 0.1) is 0 Å². The van der Waals surface area contributed by atoms with Crippen molar-refractivity contribution in [1.29, 1.82) is 0 Å². The van der Waals surface area contributed by atoms with Gasteiger partial charge >= 0.3 is 0 Å². The molecule has 1 atom stereocenters. The smallest absolute Gasteiger partial charge is 0.0580 e. The van der Waals surface area contributed by atoms with Crippen LogP contribution in [0.3, 0.4) is 0 Å². The number of benzene rings is 1. The summed E-state index contributed by atoms with van der Waals surface area (Å²) in [6, 6.07) is 8.30. The van der Waals surface area contributed by atoms with E-state index in [9.17, 15) is 0 Å². The Balaban J connectivity index is 2.08. The zero-order chi connectivity index (χ0) is 15.0. The lowest BCUT2D eigenvalue weighted by molar-refractivity contribution is 0.735. The summed E-state index contributed by atoms with van der Waals surface area (Å²) in [5.41, 5.74) is 8.42. The number of nitrogens with two attached hydrogens (primary N) is 1. The summed E-state index contributed by atoms with van der Waals surface area (Å²) in [5.74, 6) is 0.